The third-order valence-electron chi connectivity index (χ3n) is 5.00. The Morgan fingerprint density at radius 1 is 1.18 bits per heavy atom. The average molecular weight is 515 g/mol. The molecule has 1 fully saturated rings. The van der Waals surface area contributed by atoms with Crippen molar-refractivity contribution in [2.24, 2.45) is 10.4 Å². The number of alkyl halides is 3. The van der Waals surface area contributed by atoms with Gasteiger partial charge in [-0.05, 0) is 30.7 Å². The highest BCUT2D eigenvalue weighted by molar-refractivity contribution is 14.0. The molecular weight excluding hydrogens is 486 g/mol. The Morgan fingerprint density at radius 3 is 2.46 bits per heavy atom. The zero-order chi connectivity index (χ0) is 19.8. The summed E-state index contributed by atoms with van der Waals surface area (Å²) < 4.78 is 46.9. The number of methoxy groups -OCH3 is 1. The average Bonchev–Trinajstić information content (AvgIpc) is 3.09. The summed E-state index contributed by atoms with van der Waals surface area (Å²) in [5.74, 6) is 0.348. The lowest BCUT2D eigenvalue weighted by Gasteiger charge is -2.30. The van der Waals surface area contributed by atoms with Gasteiger partial charge in [0.25, 0.3) is 0 Å². The standard InChI is InChI=1S/C19H28F3N3O2.HI/c1-23-17(25-14-18(11-12-26-2)9-5-6-10-18)24-13-15-7-3-4-8-16(15)27-19(20,21)22;/h3-4,7-8H,5-6,9-14H2,1-2H3,(H2,23,24,25);1H. The van der Waals surface area contributed by atoms with Crippen molar-refractivity contribution in [2.45, 2.75) is 45.0 Å². The minimum atomic E-state index is -4.72. The molecule has 1 saturated carbocycles. The zero-order valence-corrected chi connectivity index (χ0v) is 18.6. The van der Waals surface area contributed by atoms with E-state index in [2.05, 4.69) is 20.4 Å². The molecule has 2 N–H and O–H groups in total. The largest absolute Gasteiger partial charge is 0.573 e. The van der Waals surface area contributed by atoms with Crippen LogP contribution in [0, 0.1) is 5.41 Å². The molecule has 0 heterocycles. The fraction of sp³-hybridized carbons (Fsp3) is 0.632. The van der Waals surface area contributed by atoms with Crippen molar-refractivity contribution in [3.63, 3.8) is 0 Å². The number of hydrogen-bond acceptors (Lipinski definition) is 3. The molecule has 0 bridgehead atoms. The molecule has 0 unspecified atom stereocenters. The van der Waals surface area contributed by atoms with E-state index >= 15 is 0 Å². The van der Waals surface area contributed by atoms with Crippen LogP contribution in [0.1, 0.15) is 37.7 Å². The van der Waals surface area contributed by atoms with Crippen molar-refractivity contribution in [1.29, 1.82) is 0 Å². The topological polar surface area (TPSA) is 54.9 Å². The van der Waals surface area contributed by atoms with Gasteiger partial charge in [0.1, 0.15) is 5.75 Å². The predicted octanol–water partition coefficient (Wildman–Crippen LogP) is 4.47. The second kappa shape index (κ2) is 11.7. The van der Waals surface area contributed by atoms with Crippen LogP contribution in [-0.2, 0) is 11.3 Å². The first-order chi connectivity index (χ1) is 12.9. The van der Waals surface area contributed by atoms with Crippen molar-refractivity contribution in [2.75, 3.05) is 27.3 Å². The van der Waals surface area contributed by atoms with Gasteiger partial charge in [0.05, 0.1) is 0 Å². The van der Waals surface area contributed by atoms with Gasteiger partial charge in [0, 0.05) is 39.4 Å². The number of hydrogen-bond donors (Lipinski definition) is 2. The van der Waals surface area contributed by atoms with Gasteiger partial charge in [-0.15, -0.1) is 37.1 Å². The molecule has 0 amide bonds. The third kappa shape index (κ3) is 8.02. The summed E-state index contributed by atoms with van der Waals surface area (Å²) >= 11 is 0. The fourth-order valence-electron chi connectivity index (χ4n) is 3.50. The normalized spacial score (nSPS) is 16.4. The van der Waals surface area contributed by atoms with E-state index in [0.717, 1.165) is 32.4 Å². The van der Waals surface area contributed by atoms with Gasteiger partial charge in [0.2, 0.25) is 0 Å². The molecule has 9 heteroatoms. The highest BCUT2D eigenvalue weighted by Gasteiger charge is 2.34. The Balaban J connectivity index is 0.00000392. The maximum Gasteiger partial charge on any atom is 0.573 e. The first-order valence-electron chi connectivity index (χ1n) is 9.15. The summed E-state index contributed by atoms with van der Waals surface area (Å²) in [6.45, 7) is 1.66. The molecule has 1 aromatic rings. The Kier molecular flexibility index (Phi) is 10.4. The van der Waals surface area contributed by atoms with Crippen LogP contribution in [0.3, 0.4) is 0 Å². The Labute approximate surface area is 181 Å². The number of para-hydroxylation sites is 1. The van der Waals surface area contributed by atoms with Crippen LogP contribution in [0.15, 0.2) is 29.3 Å². The van der Waals surface area contributed by atoms with Crippen LogP contribution < -0.4 is 15.4 Å². The van der Waals surface area contributed by atoms with E-state index < -0.39 is 6.36 Å². The highest BCUT2D eigenvalue weighted by Crippen LogP contribution is 2.40. The van der Waals surface area contributed by atoms with Crippen LogP contribution in [0.2, 0.25) is 0 Å². The van der Waals surface area contributed by atoms with Crippen LogP contribution in [0.5, 0.6) is 5.75 Å². The summed E-state index contributed by atoms with van der Waals surface area (Å²) in [5.41, 5.74) is 0.595. The van der Waals surface area contributed by atoms with Gasteiger partial charge >= 0.3 is 6.36 Å². The van der Waals surface area contributed by atoms with Crippen LogP contribution in [0.4, 0.5) is 13.2 Å². The molecule has 0 radical (unpaired) electrons. The van der Waals surface area contributed by atoms with Crippen molar-refractivity contribution in [3.05, 3.63) is 29.8 Å². The maximum absolute atomic E-state index is 12.5. The summed E-state index contributed by atoms with van der Waals surface area (Å²) in [6.07, 6.45) is 0.965. The lowest BCUT2D eigenvalue weighted by Crippen LogP contribution is -2.43. The molecule has 28 heavy (non-hydrogen) atoms. The van der Waals surface area contributed by atoms with E-state index in [0.29, 0.717) is 11.5 Å². The van der Waals surface area contributed by atoms with E-state index in [1.807, 2.05) is 0 Å². The first-order valence-corrected chi connectivity index (χ1v) is 9.15. The SMILES string of the molecule is CN=C(NCc1ccccc1OC(F)(F)F)NCC1(CCOC)CCCC1.I. The monoisotopic (exact) mass is 515 g/mol. The fourth-order valence-corrected chi connectivity index (χ4v) is 3.50. The number of ether oxygens (including phenoxy) is 2. The Hall–Kier alpha value is -1.23. The number of benzene rings is 1. The predicted molar refractivity (Wildman–Crippen MR) is 114 cm³/mol. The molecule has 160 valence electrons. The van der Waals surface area contributed by atoms with Gasteiger partial charge in [-0.3, -0.25) is 4.99 Å². The maximum atomic E-state index is 12.5. The second-order valence-corrected chi connectivity index (χ2v) is 6.88. The molecule has 1 aliphatic carbocycles. The quantitative estimate of drug-likeness (QED) is 0.305. The summed E-state index contributed by atoms with van der Waals surface area (Å²) in [6, 6.07) is 6.09. The van der Waals surface area contributed by atoms with Crippen LogP contribution >= 0.6 is 24.0 Å². The number of halogens is 4. The van der Waals surface area contributed by atoms with Crippen LogP contribution in [-0.4, -0.2) is 39.6 Å². The number of aliphatic imine (C=N–C) groups is 1. The van der Waals surface area contributed by atoms with E-state index in [1.165, 1.54) is 25.0 Å². The summed E-state index contributed by atoms with van der Waals surface area (Å²) in [5, 5.41) is 6.39. The van der Waals surface area contributed by atoms with Crippen molar-refractivity contribution < 1.29 is 22.6 Å². The molecule has 0 atom stereocenters. The lowest BCUT2D eigenvalue weighted by atomic mass is 9.83. The van der Waals surface area contributed by atoms with Crippen molar-refractivity contribution in [3.8, 4) is 5.75 Å². The third-order valence-corrected chi connectivity index (χ3v) is 5.00. The van der Waals surface area contributed by atoms with Crippen molar-refractivity contribution >= 4 is 29.9 Å². The molecule has 2 rings (SSSR count). The number of nitrogens with one attached hydrogen (secondary N) is 2. The van der Waals surface area contributed by atoms with Gasteiger partial charge < -0.3 is 20.1 Å². The van der Waals surface area contributed by atoms with E-state index in [4.69, 9.17) is 4.74 Å². The molecule has 0 aliphatic heterocycles. The van der Waals surface area contributed by atoms with Crippen LogP contribution in [0.25, 0.3) is 0 Å². The van der Waals surface area contributed by atoms with Gasteiger partial charge in [-0.2, -0.15) is 0 Å². The number of rotatable bonds is 8. The van der Waals surface area contributed by atoms with Gasteiger partial charge in [-0.25, -0.2) is 0 Å². The van der Waals surface area contributed by atoms with E-state index in [9.17, 15) is 13.2 Å². The number of guanidine groups is 1. The zero-order valence-electron chi connectivity index (χ0n) is 16.3. The molecule has 0 spiro atoms. The Morgan fingerprint density at radius 2 is 1.86 bits per heavy atom. The van der Waals surface area contributed by atoms with Gasteiger partial charge in [0.15, 0.2) is 5.96 Å². The Bertz CT molecular complexity index is 621. The first kappa shape index (κ1) is 24.8. The minimum Gasteiger partial charge on any atom is -0.405 e. The molecule has 0 saturated heterocycles. The minimum absolute atomic E-state index is 0. The number of nitrogens with zero attached hydrogens (tertiary/aromatic N) is 1. The lowest BCUT2D eigenvalue weighted by molar-refractivity contribution is -0.274. The second-order valence-electron chi connectivity index (χ2n) is 6.88. The summed E-state index contributed by atoms with van der Waals surface area (Å²) in [7, 11) is 3.35. The molecular formula is C19H29F3IN3O2. The van der Waals surface area contributed by atoms with Gasteiger partial charge in [-0.1, -0.05) is 31.0 Å². The van der Waals surface area contributed by atoms with E-state index in [1.54, 1.807) is 26.3 Å². The molecule has 0 aromatic heterocycles. The van der Waals surface area contributed by atoms with Crippen molar-refractivity contribution in [1.82, 2.24) is 10.6 Å². The molecule has 1 aromatic carbocycles. The summed E-state index contributed by atoms with van der Waals surface area (Å²) in [4.78, 5) is 4.18. The molecule has 1 aliphatic rings. The molecule has 5 nitrogen and oxygen atoms in total. The smallest absolute Gasteiger partial charge is 0.405 e. The van der Waals surface area contributed by atoms with E-state index in [-0.39, 0.29) is 41.7 Å². The highest BCUT2D eigenvalue weighted by atomic mass is 127.